The third kappa shape index (κ3) is 39.5. The molecule has 0 spiro atoms. The summed E-state index contributed by atoms with van der Waals surface area (Å²) in [5, 5.41) is 35.4. The minimum absolute atomic E-state index is 0.0428. The van der Waals surface area contributed by atoms with Crippen LogP contribution in [0.3, 0.4) is 0 Å². The first-order chi connectivity index (χ1) is 34.6. The van der Waals surface area contributed by atoms with E-state index in [0.717, 1.165) is 64.2 Å². The van der Waals surface area contributed by atoms with Gasteiger partial charge in [-0.2, -0.15) is 8.42 Å². The maximum atomic E-state index is 13.0. The highest BCUT2D eigenvalue weighted by atomic mass is 32.2. The van der Waals surface area contributed by atoms with Gasteiger partial charge < -0.3 is 61.1 Å². The highest BCUT2D eigenvalue weighted by Gasteiger charge is 2.30. The normalized spacial score (nSPS) is 15.5. The van der Waals surface area contributed by atoms with Crippen LogP contribution in [0.1, 0.15) is 155 Å². The van der Waals surface area contributed by atoms with E-state index in [1.54, 1.807) is 0 Å². The van der Waals surface area contributed by atoms with Gasteiger partial charge in [-0.05, 0) is 76.7 Å². The molecule has 0 aromatic heterocycles. The fraction of sp³-hybridized carbons (Fsp3) is 0.857. The lowest BCUT2D eigenvalue weighted by Gasteiger charge is -2.28. The zero-order chi connectivity index (χ0) is 53.1. The molecule has 2 atom stereocenters. The van der Waals surface area contributed by atoms with Crippen molar-refractivity contribution in [3.8, 4) is 0 Å². The molecule has 0 bridgehead atoms. The molecule has 23 heteroatoms. The maximum absolute atomic E-state index is 13.0. The van der Waals surface area contributed by atoms with Gasteiger partial charge in [0.05, 0.1) is 45.4 Å². The Bertz CT molecular complexity index is 1620. The van der Waals surface area contributed by atoms with Gasteiger partial charge in [-0.25, -0.2) is 4.79 Å². The number of hydrogen-bond acceptors (Lipinski definition) is 14. The molecule has 1 rings (SSSR count). The second-order valence-corrected chi connectivity index (χ2v) is 20.0. The summed E-state index contributed by atoms with van der Waals surface area (Å²) in [6, 6.07) is -1.79. The Hall–Kier alpha value is -4.00. The molecule has 0 heterocycles. The number of carboxylic acids is 2. The first-order valence-corrected chi connectivity index (χ1v) is 28.0. The fourth-order valence-corrected chi connectivity index (χ4v) is 8.63. The number of carbonyl (C=O) groups is 7. The van der Waals surface area contributed by atoms with Crippen molar-refractivity contribution in [1.82, 2.24) is 31.9 Å². The molecule has 72 heavy (non-hydrogen) atoms. The summed E-state index contributed by atoms with van der Waals surface area (Å²) in [5.41, 5.74) is 0. The van der Waals surface area contributed by atoms with Crippen LogP contribution in [0.4, 0.5) is 0 Å². The SMILES string of the molecule is CCN[C@@H](CCCCNC(=O)COCCOCCNC(=O)COCCOCCNC(=O)CC[C@H](NC(=O)C1CCC(CNC(=O)CCCCCCCCCCCCCCCS(=O)(=O)O)CC1)C(=O)O)C(=O)O. The van der Waals surface area contributed by atoms with Gasteiger partial charge in [0, 0.05) is 44.9 Å². The topological polar surface area (TPSA) is 323 Å². The average Bonchev–Trinajstić information content (AvgIpc) is 3.34. The number of carboxylic acid groups (broad SMARTS) is 2. The van der Waals surface area contributed by atoms with Crippen molar-refractivity contribution in [3.05, 3.63) is 0 Å². The number of likely N-dealkylation sites (N-methyl/N-ethyl adjacent to an activating group) is 1. The summed E-state index contributed by atoms with van der Waals surface area (Å²) in [5.74, 6) is -3.60. The van der Waals surface area contributed by atoms with Crippen molar-refractivity contribution in [2.45, 2.75) is 167 Å². The Morgan fingerprint density at radius 1 is 0.514 bits per heavy atom. The van der Waals surface area contributed by atoms with Gasteiger partial charge in [0.25, 0.3) is 10.1 Å². The van der Waals surface area contributed by atoms with E-state index in [1.807, 2.05) is 6.92 Å². The molecule has 418 valence electrons. The zero-order valence-electron chi connectivity index (χ0n) is 43.0. The van der Waals surface area contributed by atoms with E-state index < -0.39 is 34.1 Å². The predicted molar refractivity (Wildman–Crippen MR) is 270 cm³/mol. The largest absolute Gasteiger partial charge is 0.480 e. The second kappa shape index (κ2) is 43.4. The summed E-state index contributed by atoms with van der Waals surface area (Å²) in [4.78, 5) is 84.6. The smallest absolute Gasteiger partial charge is 0.326 e. The van der Waals surface area contributed by atoms with Crippen molar-refractivity contribution in [1.29, 1.82) is 0 Å². The summed E-state index contributed by atoms with van der Waals surface area (Å²) in [6.45, 7) is 4.71. The Morgan fingerprint density at radius 2 is 0.986 bits per heavy atom. The van der Waals surface area contributed by atoms with Crippen LogP contribution in [0.25, 0.3) is 0 Å². The van der Waals surface area contributed by atoms with Crippen LogP contribution in [-0.2, 0) is 62.6 Å². The van der Waals surface area contributed by atoms with Crippen molar-refractivity contribution in [2.75, 3.05) is 91.3 Å². The molecule has 0 radical (unpaired) electrons. The zero-order valence-corrected chi connectivity index (χ0v) is 43.8. The lowest BCUT2D eigenvalue weighted by atomic mass is 9.81. The molecule has 1 fully saturated rings. The highest BCUT2D eigenvalue weighted by molar-refractivity contribution is 7.85. The van der Waals surface area contributed by atoms with E-state index in [4.69, 9.17) is 28.6 Å². The van der Waals surface area contributed by atoms with E-state index in [9.17, 15) is 47.1 Å². The molecule has 5 amide bonds. The maximum Gasteiger partial charge on any atom is 0.326 e. The van der Waals surface area contributed by atoms with Crippen LogP contribution in [0.15, 0.2) is 0 Å². The summed E-state index contributed by atoms with van der Waals surface area (Å²) in [6.07, 6.45) is 18.3. The minimum Gasteiger partial charge on any atom is -0.480 e. The molecular formula is C49H90N6O16S. The van der Waals surface area contributed by atoms with E-state index in [0.29, 0.717) is 64.6 Å². The molecule has 1 aliphatic rings. The lowest BCUT2D eigenvalue weighted by Crippen LogP contribution is -2.45. The molecular weight excluding hydrogens is 961 g/mol. The predicted octanol–water partition coefficient (Wildman–Crippen LogP) is 3.26. The van der Waals surface area contributed by atoms with E-state index >= 15 is 0 Å². The first-order valence-electron chi connectivity index (χ1n) is 26.4. The van der Waals surface area contributed by atoms with Crippen LogP contribution in [-0.4, -0.2) is 168 Å². The molecule has 0 aromatic rings. The van der Waals surface area contributed by atoms with Gasteiger partial charge in [0.1, 0.15) is 25.3 Å². The quantitative estimate of drug-likeness (QED) is 0.0312. The fourth-order valence-electron chi connectivity index (χ4n) is 8.06. The summed E-state index contributed by atoms with van der Waals surface area (Å²) < 4.78 is 51.6. The van der Waals surface area contributed by atoms with E-state index in [2.05, 4.69) is 31.9 Å². The van der Waals surface area contributed by atoms with E-state index in [-0.39, 0.29) is 126 Å². The Kier molecular flexibility index (Phi) is 39.8. The highest BCUT2D eigenvalue weighted by Crippen LogP contribution is 2.29. The van der Waals surface area contributed by atoms with Crippen LogP contribution in [0.5, 0.6) is 0 Å². The summed E-state index contributed by atoms with van der Waals surface area (Å²) in [7, 11) is -3.84. The number of nitrogens with one attached hydrogen (secondary N) is 6. The van der Waals surface area contributed by atoms with Crippen molar-refractivity contribution in [3.63, 3.8) is 0 Å². The minimum atomic E-state index is -3.84. The number of amides is 5. The Balaban J connectivity index is 1.99. The van der Waals surface area contributed by atoms with Gasteiger partial charge in [-0.15, -0.1) is 0 Å². The van der Waals surface area contributed by atoms with Gasteiger partial charge in [-0.1, -0.05) is 77.6 Å². The van der Waals surface area contributed by atoms with Gasteiger partial charge >= 0.3 is 11.9 Å². The summed E-state index contributed by atoms with van der Waals surface area (Å²) >= 11 is 0. The number of aliphatic carboxylic acids is 2. The van der Waals surface area contributed by atoms with E-state index in [1.165, 1.54) is 25.7 Å². The van der Waals surface area contributed by atoms with Crippen LogP contribution in [0, 0.1) is 11.8 Å². The first kappa shape index (κ1) is 66.0. The standard InChI is InChI=1S/C49H90N6O16S/c1-2-50-41(48(61)62)18-15-16-26-51-45(58)37-70-33-32-69-30-28-53-46(59)38-71-34-31-68-29-27-52-44(57)25-24-42(49(63)64)55-47(60)40-22-20-39(21-23-40)36-54-43(56)19-14-12-10-8-6-4-3-5-7-9-11-13-17-35-72(65,66)67/h39-42,50H,2-38H2,1H3,(H,51,58)(H,52,57)(H,53,59)(H,54,56)(H,55,60)(H,61,62)(H,63,64)(H,65,66,67)/t39?,40?,41-,42-/m0/s1. The number of hydrogen-bond donors (Lipinski definition) is 9. The van der Waals surface area contributed by atoms with Crippen LogP contribution in [0.2, 0.25) is 0 Å². The monoisotopic (exact) mass is 1050 g/mol. The molecule has 22 nitrogen and oxygen atoms in total. The Morgan fingerprint density at radius 3 is 1.50 bits per heavy atom. The number of ether oxygens (including phenoxy) is 4. The molecule has 1 saturated carbocycles. The van der Waals surface area contributed by atoms with Crippen LogP contribution < -0.4 is 31.9 Å². The molecule has 1 aliphatic carbocycles. The average molecular weight is 1050 g/mol. The van der Waals surface area contributed by atoms with Gasteiger partial charge in [0.15, 0.2) is 0 Å². The van der Waals surface area contributed by atoms with Gasteiger partial charge in [-0.3, -0.25) is 33.3 Å². The third-order valence-electron chi connectivity index (χ3n) is 12.2. The van der Waals surface area contributed by atoms with Gasteiger partial charge in [0.2, 0.25) is 29.5 Å². The molecule has 0 unspecified atom stereocenters. The van der Waals surface area contributed by atoms with Crippen LogP contribution >= 0.6 is 0 Å². The number of unbranched alkanes of at least 4 members (excludes halogenated alkanes) is 13. The molecule has 0 aliphatic heterocycles. The molecule has 0 saturated heterocycles. The van der Waals surface area contributed by atoms with Crippen molar-refractivity contribution >= 4 is 51.6 Å². The second-order valence-electron chi connectivity index (χ2n) is 18.4. The third-order valence-corrected chi connectivity index (χ3v) is 13.0. The number of rotatable bonds is 48. The lowest BCUT2D eigenvalue weighted by molar-refractivity contribution is -0.143. The molecule has 0 aromatic carbocycles. The van der Waals surface area contributed by atoms with Crippen molar-refractivity contribution in [2.24, 2.45) is 11.8 Å². The number of carbonyl (C=O) groups excluding carboxylic acids is 5. The Labute approximate surface area is 427 Å². The molecule has 9 N–H and O–H groups in total. The van der Waals surface area contributed by atoms with Crippen molar-refractivity contribution < 1.29 is 75.7 Å².